The lowest BCUT2D eigenvalue weighted by Crippen LogP contribution is -2.48. The van der Waals surface area contributed by atoms with Gasteiger partial charge in [-0.2, -0.15) is 0 Å². The largest absolute Gasteiger partial charge is 0.464 e. The number of hydrogen-bond donors (Lipinski definition) is 1. The van der Waals surface area contributed by atoms with E-state index in [0.717, 1.165) is 0 Å². The second kappa shape index (κ2) is 5.30. The lowest BCUT2D eigenvalue weighted by molar-refractivity contribution is -0.148. The number of alkyl halides is 2. The maximum absolute atomic E-state index is 12.7. The van der Waals surface area contributed by atoms with Crippen LogP contribution in [-0.2, 0) is 14.3 Å². The number of amides is 1. The van der Waals surface area contributed by atoms with Crippen LogP contribution < -0.4 is 5.32 Å². The minimum absolute atomic E-state index is 0.0620. The smallest absolute Gasteiger partial charge is 0.408 e. The highest BCUT2D eigenvalue weighted by Crippen LogP contribution is 2.48. The molecule has 7 heteroatoms. The van der Waals surface area contributed by atoms with Crippen LogP contribution in [0.15, 0.2) is 0 Å². The number of carbonyl (C=O) groups is 2. The Morgan fingerprint density at radius 2 is 2.00 bits per heavy atom. The van der Waals surface area contributed by atoms with Gasteiger partial charge in [-0.15, -0.1) is 0 Å². The molecule has 0 saturated heterocycles. The first-order valence-corrected chi connectivity index (χ1v) is 6.09. The number of rotatable bonds is 4. The van der Waals surface area contributed by atoms with Crippen LogP contribution in [0.2, 0.25) is 0 Å². The molecule has 1 saturated carbocycles. The molecule has 110 valence electrons. The lowest BCUT2D eigenvalue weighted by Gasteiger charge is -2.23. The highest BCUT2D eigenvalue weighted by Gasteiger charge is 2.66. The van der Waals surface area contributed by atoms with Gasteiger partial charge in [0, 0.05) is 0 Å². The molecule has 1 aliphatic rings. The molecule has 0 unspecified atom stereocenters. The molecule has 0 bridgehead atoms. The third-order valence-corrected chi connectivity index (χ3v) is 2.68. The minimum atomic E-state index is -2.70. The summed E-state index contributed by atoms with van der Waals surface area (Å²) in [6.07, 6.45) is -3.73. The van der Waals surface area contributed by atoms with Crippen molar-refractivity contribution in [3.8, 4) is 0 Å². The van der Waals surface area contributed by atoms with E-state index in [0.29, 0.717) is 0 Å². The minimum Gasteiger partial charge on any atom is -0.464 e. The Hall–Kier alpha value is -1.40. The fourth-order valence-electron chi connectivity index (χ4n) is 1.77. The van der Waals surface area contributed by atoms with Crippen molar-refractivity contribution in [2.45, 2.75) is 51.7 Å². The number of nitrogens with one attached hydrogen (secondary N) is 1. The Morgan fingerprint density at radius 3 is 2.37 bits per heavy atom. The van der Waals surface area contributed by atoms with Gasteiger partial charge < -0.3 is 14.8 Å². The normalized spacial score (nSPS) is 25.9. The molecule has 0 aliphatic heterocycles. The van der Waals surface area contributed by atoms with Crippen molar-refractivity contribution in [3.63, 3.8) is 0 Å². The van der Waals surface area contributed by atoms with Gasteiger partial charge in [-0.25, -0.2) is 18.4 Å². The second-order valence-corrected chi connectivity index (χ2v) is 5.46. The summed E-state index contributed by atoms with van der Waals surface area (Å²) in [5, 5.41) is 2.22. The number of esters is 1. The average molecular weight is 279 g/mol. The zero-order valence-electron chi connectivity index (χ0n) is 11.5. The van der Waals surface area contributed by atoms with E-state index in [1.807, 2.05) is 0 Å². The van der Waals surface area contributed by atoms with Gasteiger partial charge in [0.05, 0.1) is 12.5 Å². The molecule has 1 amide bonds. The quantitative estimate of drug-likeness (QED) is 0.800. The predicted molar refractivity (Wildman–Crippen MR) is 62.8 cm³/mol. The van der Waals surface area contributed by atoms with Gasteiger partial charge in [-0.1, -0.05) is 0 Å². The standard InChI is InChI=1S/C12H19F2NO4/c1-5-18-9(16)12(6-7(12)8(13)14)15-10(17)19-11(2,3)4/h7-8H,5-6H2,1-4H3,(H,15,17)/t7-,12+/m1/s1. The van der Waals surface area contributed by atoms with Crippen LogP contribution in [0.5, 0.6) is 0 Å². The molecule has 1 fully saturated rings. The number of ether oxygens (including phenoxy) is 2. The molecule has 1 rings (SSSR count). The van der Waals surface area contributed by atoms with Crippen LogP contribution in [0.1, 0.15) is 34.1 Å². The number of hydrogen-bond acceptors (Lipinski definition) is 4. The van der Waals surface area contributed by atoms with E-state index in [2.05, 4.69) is 5.32 Å². The summed E-state index contributed by atoms with van der Waals surface area (Å²) in [7, 11) is 0. The van der Waals surface area contributed by atoms with E-state index >= 15 is 0 Å². The summed E-state index contributed by atoms with van der Waals surface area (Å²) in [5.74, 6) is -2.06. The number of halogens is 2. The molecule has 0 aromatic carbocycles. The van der Waals surface area contributed by atoms with Crippen LogP contribution in [0.3, 0.4) is 0 Å². The maximum atomic E-state index is 12.7. The zero-order valence-corrected chi connectivity index (χ0v) is 11.5. The van der Waals surface area contributed by atoms with E-state index in [9.17, 15) is 18.4 Å². The van der Waals surface area contributed by atoms with Crippen LogP contribution in [0.4, 0.5) is 13.6 Å². The van der Waals surface area contributed by atoms with Crippen molar-refractivity contribution >= 4 is 12.1 Å². The van der Waals surface area contributed by atoms with Crippen molar-refractivity contribution in [3.05, 3.63) is 0 Å². The van der Waals surface area contributed by atoms with Gasteiger partial charge in [-0.05, 0) is 34.1 Å². The first-order valence-electron chi connectivity index (χ1n) is 6.09. The molecular weight excluding hydrogens is 260 g/mol. The Labute approximate surface area is 110 Å². The number of carbonyl (C=O) groups excluding carboxylic acids is 2. The molecule has 5 nitrogen and oxygen atoms in total. The second-order valence-electron chi connectivity index (χ2n) is 5.46. The highest BCUT2D eigenvalue weighted by molar-refractivity contribution is 5.89. The monoisotopic (exact) mass is 279 g/mol. The van der Waals surface area contributed by atoms with Crippen LogP contribution >= 0.6 is 0 Å². The highest BCUT2D eigenvalue weighted by atomic mass is 19.3. The fourth-order valence-corrected chi connectivity index (χ4v) is 1.77. The summed E-state index contributed by atoms with van der Waals surface area (Å²) < 4.78 is 35.1. The fraction of sp³-hybridized carbons (Fsp3) is 0.833. The molecule has 0 aromatic heterocycles. The molecular formula is C12H19F2NO4. The molecule has 1 N–H and O–H groups in total. The van der Waals surface area contributed by atoms with Gasteiger partial charge in [-0.3, -0.25) is 0 Å². The zero-order chi connectivity index (χ0) is 14.8. The van der Waals surface area contributed by atoms with E-state index in [1.54, 1.807) is 27.7 Å². The molecule has 19 heavy (non-hydrogen) atoms. The van der Waals surface area contributed by atoms with Gasteiger partial charge in [0.1, 0.15) is 11.1 Å². The molecule has 2 atom stereocenters. The van der Waals surface area contributed by atoms with Gasteiger partial charge >= 0.3 is 12.1 Å². The van der Waals surface area contributed by atoms with Crippen molar-refractivity contribution < 1.29 is 27.8 Å². The Kier molecular flexibility index (Phi) is 4.37. The first kappa shape index (κ1) is 15.7. The SMILES string of the molecule is CCOC(=O)[C@]1(NC(=O)OC(C)(C)C)C[C@@H]1C(F)F. The van der Waals surface area contributed by atoms with Crippen LogP contribution in [-0.4, -0.2) is 36.2 Å². The van der Waals surface area contributed by atoms with Gasteiger partial charge in [0.25, 0.3) is 0 Å². The van der Waals surface area contributed by atoms with Crippen molar-refractivity contribution in [1.82, 2.24) is 5.32 Å². The summed E-state index contributed by atoms with van der Waals surface area (Å²) >= 11 is 0. The van der Waals surface area contributed by atoms with Crippen molar-refractivity contribution in [1.29, 1.82) is 0 Å². The Bertz CT molecular complexity index is 367. The molecule has 0 spiro atoms. The third kappa shape index (κ3) is 3.78. The van der Waals surface area contributed by atoms with E-state index < -0.39 is 35.5 Å². The van der Waals surface area contributed by atoms with E-state index in [-0.39, 0.29) is 13.0 Å². The van der Waals surface area contributed by atoms with E-state index in [1.165, 1.54) is 0 Å². The summed E-state index contributed by atoms with van der Waals surface area (Å²) in [6, 6.07) is 0. The Morgan fingerprint density at radius 1 is 1.42 bits per heavy atom. The van der Waals surface area contributed by atoms with Gasteiger partial charge in [0.15, 0.2) is 0 Å². The summed E-state index contributed by atoms with van der Waals surface area (Å²) in [6.45, 7) is 6.55. The maximum Gasteiger partial charge on any atom is 0.408 e. The Balaban J connectivity index is 2.73. The molecule has 0 radical (unpaired) electrons. The summed E-state index contributed by atoms with van der Waals surface area (Å²) in [4.78, 5) is 23.3. The summed E-state index contributed by atoms with van der Waals surface area (Å²) in [5.41, 5.74) is -2.42. The topological polar surface area (TPSA) is 64.6 Å². The average Bonchev–Trinajstić information content (AvgIpc) is 2.91. The number of alkyl carbamates (subject to hydrolysis) is 1. The molecule has 0 aromatic rings. The van der Waals surface area contributed by atoms with Crippen LogP contribution in [0.25, 0.3) is 0 Å². The van der Waals surface area contributed by atoms with E-state index in [4.69, 9.17) is 9.47 Å². The van der Waals surface area contributed by atoms with Crippen molar-refractivity contribution in [2.75, 3.05) is 6.61 Å². The third-order valence-electron chi connectivity index (χ3n) is 2.68. The van der Waals surface area contributed by atoms with Gasteiger partial charge in [0.2, 0.25) is 6.43 Å². The first-order chi connectivity index (χ1) is 8.62. The molecule has 0 heterocycles. The predicted octanol–water partition coefficient (Wildman–Crippen LogP) is 2.10. The lowest BCUT2D eigenvalue weighted by atomic mass is 10.2. The van der Waals surface area contributed by atoms with Crippen LogP contribution in [0, 0.1) is 5.92 Å². The molecule has 1 aliphatic carbocycles. The van der Waals surface area contributed by atoms with Crippen molar-refractivity contribution in [2.24, 2.45) is 5.92 Å².